The predicted octanol–water partition coefficient (Wildman–Crippen LogP) is 6.52. The number of fused-ring (bicyclic) bond motifs is 2. The normalized spacial score (nSPS) is 11.1. The van der Waals surface area contributed by atoms with Crippen molar-refractivity contribution in [2.75, 3.05) is 5.32 Å². The summed E-state index contributed by atoms with van der Waals surface area (Å²) in [7, 11) is 0. The van der Waals surface area contributed by atoms with Gasteiger partial charge in [0.05, 0.1) is 0 Å². The van der Waals surface area contributed by atoms with Crippen molar-refractivity contribution in [1.29, 1.82) is 0 Å². The molecule has 1 heterocycles. The zero-order chi connectivity index (χ0) is 20.7. The van der Waals surface area contributed by atoms with E-state index in [4.69, 9.17) is 4.42 Å². The maximum atomic E-state index is 12.9. The van der Waals surface area contributed by atoms with Gasteiger partial charge in [-0.05, 0) is 72.1 Å². The summed E-state index contributed by atoms with van der Waals surface area (Å²) in [5, 5.41) is 5.02. The van der Waals surface area contributed by atoms with E-state index in [-0.39, 0.29) is 5.91 Å². The van der Waals surface area contributed by atoms with Gasteiger partial charge in [0.1, 0.15) is 5.52 Å². The van der Waals surface area contributed by atoms with Crippen molar-refractivity contribution >= 4 is 33.5 Å². The van der Waals surface area contributed by atoms with Gasteiger partial charge in [-0.2, -0.15) is 0 Å². The molecule has 1 amide bonds. The van der Waals surface area contributed by atoms with Crippen molar-refractivity contribution in [3.8, 4) is 11.5 Å². The molecule has 5 aromatic rings. The molecule has 0 saturated heterocycles. The summed E-state index contributed by atoms with van der Waals surface area (Å²) in [6.45, 7) is 4.00. The highest BCUT2D eigenvalue weighted by Gasteiger charge is 2.13. The lowest BCUT2D eigenvalue weighted by Gasteiger charge is -2.11. The molecule has 1 aromatic heterocycles. The van der Waals surface area contributed by atoms with E-state index in [1.54, 1.807) is 0 Å². The predicted molar refractivity (Wildman–Crippen MR) is 121 cm³/mol. The van der Waals surface area contributed by atoms with Crippen LogP contribution >= 0.6 is 0 Å². The molecule has 4 aromatic carbocycles. The minimum absolute atomic E-state index is 0.125. The number of carbonyl (C=O) groups excluding carboxylic acids is 1. The third-order valence-electron chi connectivity index (χ3n) is 5.30. The summed E-state index contributed by atoms with van der Waals surface area (Å²) in [6, 6.07) is 25.4. The van der Waals surface area contributed by atoms with Crippen LogP contribution in [0.4, 0.5) is 5.69 Å². The average molecular weight is 392 g/mol. The van der Waals surface area contributed by atoms with Gasteiger partial charge in [0, 0.05) is 16.8 Å². The highest BCUT2D eigenvalue weighted by Crippen LogP contribution is 2.28. The van der Waals surface area contributed by atoms with Crippen molar-refractivity contribution in [3.05, 3.63) is 95.6 Å². The molecule has 0 saturated carbocycles. The number of aromatic nitrogens is 1. The summed E-state index contributed by atoms with van der Waals surface area (Å²) < 4.78 is 5.90. The molecule has 0 fully saturated rings. The molecule has 0 unspecified atom stereocenters. The van der Waals surface area contributed by atoms with Crippen LogP contribution in [-0.2, 0) is 0 Å². The summed E-state index contributed by atoms with van der Waals surface area (Å²) in [6.07, 6.45) is 0. The van der Waals surface area contributed by atoms with Gasteiger partial charge in [-0.1, -0.05) is 42.5 Å². The van der Waals surface area contributed by atoms with Crippen LogP contribution in [0.25, 0.3) is 33.3 Å². The zero-order valence-corrected chi connectivity index (χ0v) is 16.8. The van der Waals surface area contributed by atoms with E-state index < -0.39 is 0 Å². The molecule has 0 atom stereocenters. The summed E-state index contributed by atoms with van der Waals surface area (Å²) in [5.74, 6) is 0.450. The second-order valence-corrected chi connectivity index (χ2v) is 7.50. The monoisotopic (exact) mass is 392 g/mol. The van der Waals surface area contributed by atoms with Crippen molar-refractivity contribution in [2.45, 2.75) is 13.8 Å². The Hall–Kier alpha value is -3.92. The lowest BCUT2D eigenvalue weighted by atomic mass is 10.0. The van der Waals surface area contributed by atoms with Crippen LogP contribution in [0.5, 0.6) is 0 Å². The van der Waals surface area contributed by atoms with Crippen LogP contribution in [0, 0.1) is 13.8 Å². The molecule has 1 N–H and O–H groups in total. The zero-order valence-electron chi connectivity index (χ0n) is 16.8. The standard InChI is InChI=1S/C26H20N2O2/c1-16-10-13-24-23(14-16)28-26(30-24)19-11-12-22(17(2)15-19)27-25(29)21-9-5-7-18-6-3-4-8-20(18)21/h3-15H,1-2H3,(H,27,29). The first-order chi connectivity index (χ1) is 14.6. The number of benzene rings is 4. The molecule has 5 rings (SSSR count). The average Bonchev–Trinajstić information content (AvgIpc) is 3.18. The van der Waals surface area contributed by atoms with Gasteiger partial charge in [0.2, 0.25) is 5.89 Å². The number of anilines is 1. The molecule has 0 aliphatic carbocycles. The highest BCUT2D eigenvalue weighted by atomic mass is 16.3. The van der Waals surface area contributed by atoms with Crippen molar-refractivity contribution < 1.29 is 9.21 Å². The maximum Gasteiger partial charge on any atom is 0.256 e. The smallest absolute Gasteiger partial charge is 0.256 e. The molecule has 4 heteroatoms. The number of nitrogens with one attached hydrogen (secondary N) is 1. The summed E-state index contributed by atoms with van der Waals surface area (Å²) >= 11 is 0. The van der Waals surface area contributed by atoms with Gasteiger partial charge >= 0.3 is 0 Å². The van der Waals surface area contributed by atoms with E-state index in [0.717, 1.165) is 44.2 Å². The number of carbonyl (C=O) groups is 1. The van der Waals surface area contributed by atoms with Crippen LogP contribution in [0.2, 0.25) is 0 Å². The van der Waals surface area contributed by atoms with Crippen LogP contribution < -0.4 is 5.32 Å². The first-order valence-electron chi connectivity index (χ1n) is 9.86. The Kier molecular flexibility index (Phi) is 4.32. The fourth-order valence-electron chi connectivity index (χ4n) is 3.71. The molecule has 146 valence electrons. The largest absolute Gasteiger partial charge is 0.436 e. The van der Waals surface area contributed by atoms with Gasteiger partial charge in [-0.3, -0.25) is 4.79 Å². The van der Waals surface area contributed by atoms with E-state index >= 15 is 0 Å². The number of aryl methyl sites for hydroxylation is 2. The minimum Gasteiger partial charge on any atom is -0.436 e. The summed E-state index contributed by atoms with van der Waals surface area (Å²) in [4.78, 5) is 17.5. The number of rotatable bonds is 3. The molecule has 0 bridgehead atoms. The van der Waals surface area contributed by atoms with Gasteiger partial charge in [0.25, 0.3) is 5.91 Å². The second kappa shape index (κ2) is 7.16. The fraction of sp³-hybridized carbons (Fsp3) is 0.0769. The van der Waals surface area contributed by atoms with Crippen molar-refractivity contribution in [1.82, 2.24) is 4.98 Å². The van der Waals surface area contributed by atoms with E-state index in [9.17, 15) is 4.79 Å². The fourth-order valence-corrected chi connectivity index (χ4v) is 3.71. The van der Waals surface area contributed by atoms with E-state index in [0.29, 0.717) is 11.5 Å². The maximum absolute atomic E-state index is 12.9. The Balaban J connectivity index is 1.45. The van der Waals surface area contributed by atoms with Gasteiger partial charge in [-0.15, -0.1) is 0 Å². The molecule has 0 spiro atoms. The van der Waals surface area contributed by atoms with E-state index in [1.165, 1.54) is 0 Å². The first kappa shape index (κ1) is 18.1. The molecule has 30 heavy (non-hydrogen) atoms. The van der Waals surface area contributed by atoms with Crippen LogP contribution in [-0.4, -0.2) is 10.9 Å². The van der Waals surface area contributed by atoms with E-state index in [1.807, 2.05) is 92.7 Å². The summed E-state index contributed by atoms with van der Waals surface area (Å²) in [5.41, 5.74) is 6.00. The topological polar surface area (TPSA) is 55.1 Å². The van der Waals surface area contributed by atoms with Gasteiger partial charge < -0.3 is 9.73 Å². The van der Waals surface area contributed by atoms with Crippen LogP contribution in [0.15, 0.2) is 83.3 Å². The molecular weight excluding hydrogens is 372 g/mol. The van der Waals surface area contributed by atoms with E-state index in [2.05, 4.69) is 10.3 Å². The van der Waals surface area contributed by atoms with Crippen LogP contribution in [0.3, 0.4) is 0 Å². The van der Waals surface area contributed by atoms with Gasteiger partial charge in [-0.25, -0.2) is 4.98 Å². The number of amides is 1. The molecule has 0 radical (unpaired) electrons. The lowest BCUT2D eigenvalue weighted by molar-refractivity contribution is 0.102. The Morgan fingerprint density at radius 3 is 2.60 bits per heavy atom. The third-order valence-corrected chi connectivity index (χ3v) is 5.30. The Labute approximate surface area is 174 Å². The number of hydrogen-bond acceptors (Lipinski definition) is 3. The quantitative estimate of drug-likeness (QED) is 0.380. The second-order valence-electron chi connectivity index (χ2n) is 7.50. The Morgan fingerprint density at radius 1 is 0.900 bits per heavy atom. The van der Waals surface area contributed by atoms with Crippen molar-refractivity contribution in [3.63, 3.8) is 0 Å². The van der Waals surface area contributed by atoms with Crippen LogP contribution in [0.1, 0.15) is 21.5 Å². The molecule has 0 aliphatic rings. The van der Waals surface area contributed by atoms with Gasteiger partial charge in [0.15, 0.2) is 5.58 Å². The molecular formula is C26H20N2O2. The number of hydrogen-bond donors (Lipinski definition) is 1. The number of nitrogens with zero attached hydrogens (tertiary/aromatic N) is 1. The third kappa shape index (κ3) is 3.22. The first-order valence-corrected chi connectivity index (χ1v) is 9.86. The molecule has 0 aliphatic heterocycles. The number of oxazole rings is 1. The Morgan fingerprint density at radius 2 is 1.73 bits per heavy atom. The van der Waals surface area contributed by atoms with Crippen molar-refractivity contribution in [2.24, 2.45) is 0 Å². The lowest BCUT2D eigenvalue weighted by Crippen LogP contribution is -2.13. The molecule has 4 nitrogen and oxygen atoms in total. The highest BCUT2D eigenvalue weighted by molar-refractivity contribution is 6.13. The Bertz CT molecular complexity index is 1410. The minimum atomic E-state index is -0.125. The SMILES string of the molecule is Cc1ccc2oc(-c3ccc(NC(=O)c4cccc5ccccc45)c(C)c3)nc2c1.